The van der Waals surface area contributed by atoms with Crippen LogP contribution >= 0.6 is 0 Å². The second-order valence-corrected chi connectivity index (χ2v) is 8.09. The van der Waals surface area contributed by atoms with Crippen LogP contribution in [0.15, 0.2) is 40.6 Å². The number of halogens is 2. The Morgan fingerprint density at radius 1 is 1.23 bits per heavy atom. The maximum absolute atomic E-state index is 14.0. The second-order valence-electron chi connectivity index (χ2n) is 8.09. The summed E-state index contributed by atoms with van der Waals surface area (Å²) in [7, 11) is 0. The van der Waals surface area contributed by atoms with Gasteiger partial charge < -0.3 is 5.11 Å². The first-order valence-electron chi connectivity index (χ1n) is 10.8. The van der Waals surface area contributed by atoms with Gasteiger partial charge in [0.1, 0.15) is 5.76 Å². The molecule has 1 fully saturated rings. The van der Waals surface area contributed by atoms with Crippen molar-refractivity contribution in [2.75, 3.05) is 45.9 Å². The van der Waals surface area contributed by atoms with Crippen molar-refractivity contribution in [1.82, 2.24) is 9.96 Å². The lowest BCUT2D eigenvalue weighted by molar-refractivity contribution is -0.172. The average Bonchev–Trinajstić information content (AvgIpc) is 2.73. The monoisotopic (exact) mass is 435 g/mol. The molecule has 6 nitrogen and oxygen atoms in total. The highest BCUT2D eigenvalue weighted by molar-refractivity contribution is 6.14. The minimum Gasteiger partial charge on any atom is -0.511 e. The summed E-state index contributed by atoms with van der Waals surface area (Å²) in [5, 5.41) is 12.4. The first-order chi connectivity index (χ1) is 14.8. The molecule has 31 heavy (non-hydrogen) atoms. The lowest BCUT2D eigenvalue weighted by atomic mass is 9.80. The zero-order valence-electron chi connectivity index (χ0n) is 18.2. The highest BCUT2D eigenvalue weighted by Gasteiger charge is 2.34. The van der Waals surface area contributed by atoms with Gasteiger partial charge in [-0.1, -0.05) is 24.3 Å². The quantitative estimate of drug-likeness (QED) is 0.631. The number of carbonyl (C=O) groups is 1. The van der Waals surface area contributed by atoms with Crippen molar-refractivity contribution < 1.29 is 23.5 Å². The lowest BCUT2D eigenvalue weighted by Gasteiger charge is -2.33. The van der Waals surface area contributed by atoms with Crippen LogP contribution in [0.4, 0.5) is 8.78 Å². The molecule has 1 N–H and O–H groups in total. The van der Waals surface area contributed by atoms with Gasteiger partial charge in [-0.25, -0.2) is 8.78 Å². The molecule has 1 aromatic rings. The molecule has 0 radical (unpaired) electrons. The van der Waals surface area contributed by atoms with Gasteiger partial charge in [0.25, 0.3) is 5.92 Å². The normalized spacial score (nSPS) is 21.9. The molecule has 1 atom stereocenters. The Kier molecular flexibility index (Phi) is 7.91. The highest BCUT2D eigenvalue weighted by atomic mass is 19.3. The summed E-state index contributed by atoms with van der Waals surface area (Å²) in [6, 6.07) is 6.24. The summed E-state index contributed by atoms with van der Waals surface area (Å²) in [5.74, 6) is -3.82. The molecule has 170 valence electrons. The SMILES string of the molecule is CCON1CCN(CCN=CC2=C(O)CC(c3ccccc3C(C)(F)F)CC2=O)CC1. The average molecular weight is 436 g/mol. The van der Waals surface area contributed by atoms with Gasteiger partial charge in [-0.15, -0.1) is 0 Å². The smallest absolute Gasteiger partial charge is 0.270 e. The second kappa shape index (κ2) is 10.4. The molecule has 1 saturated heterocycles. The van der Waals surface area contributed by atoms with Crippen molar-refractivity contribution in [3.8, 4) is 0 Å². The zero-order valence-corrected chi connectivity index (χ0v) is 18.2. The number of alkyl halides is 2. The molecule has 0 amide bonds. The Morgan fingerprint density at radius 2 is 1.94 bits per heavy atom. The number of Topliss-reactive ketones (excluding diaryl/α,β-unsaturated/α-hetero) is 1. The number of piperazine rings is 1. The Bertz CT molecular complexity index is 828. The molecule has 2 aliphatic rings. The number of aliphatic hydroxyl groups is 1. The Hall–Kier alpha value is -2.16. The van der Waals surface area contributed by atoms with E-state index in [1.807, 2.05) is 12.0 Å². The molecule has 3 rings (SSSR count). The molecule has 1 aromatic carbocycles. The molecule has 1 heterocycles. The first-order valence-corrected chi connectivity index (χ1v) is 10.8. The fourth-order valence-electron chi connectivity index (χ4n) is 4.15. The fourth-order valence-corrected chi connectivity index (χ4v) is 4.15. The number of aliphatic imine (C=N–C) groups is 1. The Labute approximate surface area is 182 Å². The van der Waals surface area contributed by atoms with E-state index in [9.17, 15) is 18.7 Å². The number of nitrogens with zero attached hydrogens (tertiary/aromatic N) is 3. The van der Waals surface area contributed by atoms with Gasteiger partial charge in [0, 0.05) is 64.3 Å². The van der Waals surface area contributed by atoms with Crippen LogP contribution in [0.25, 0.3) is 0 Å². The minimum atomic E-state index is -3.01. The standard InChI is InChI=1S/C23H31F2N3O3/c1-3-31-28-12-10-27(11-13-28)9-8-26-16-19-21(29)14-17(15-22(19)30)18-6-4-5-7-20(18)23(2,24)25/h4-7,16-17,29H,3,8-15H2,1-2H3. The number of carbonyl (C=O) groups excluding carboxylic acids is 1. The molecule has 0 aromatic heterocycles. The van der Waals surface area contributed by atoms with Crippen molar-refractivity contribution in [2.24, 2.45) is 4.99 Å². The summed E-state index contributed by atoms with van der Waals surface area (Å²) in [5.41, 5.74) is 0.511. The minimum absolute atomic E-state index is 0.0791. The predicted octanol–water partition coefficient (Wildman–Crippen LogP) is 3.70. The van der Waals surface area contributed by atoms with Gasteiger partial charge in [0.05, 0.1) is 18.7 Å². The molecule has 1 aliphatic heterocycles. The third kappa shape index (κ3) is 6.18. The lowest BCUT2D eigenvalue weighted by Crippen LogP contribution is -2.46. The maximum Gasteiger partial charge on any atom is 0.270 e. The van der Waals surface area contributed by atoms with E-state index < -0.39 is 11.8 Å². The number of hydroxylamine groups is 2. The zero-order chi connectivity index (χ0) is 22.4. The van der Waals surface area contributed by atoms with Crippen molar-refractivity contribution in [1.29, 1.82) is 0 Å². The van der Waals surface area contributed by atoms with Crippen molar-refractivity contribution in [2.45, 2.75) is 38.5 Å². The van der Waals surface area contributed by atoms with Crippen molar-refractivity contribution in [3.63, 3.8) is 0 Å². The summed E-state index contributed by atoms with van der Waals surface area (Å²) < 4.78 is 27.9. The molecule has 0 bridgehead atoms. The third-order valence-corrected chi connectivity index (χ3v) is 5.77. The van der Waals surface area contributed by atoms with Crippen LogP contribution in [0.1, 0.15) is 43.7 Å². The fraction of sp³-hybridized carbons (Fsp3) is 0.565. The van der Waals surface area contributed by atoms with E-state index >= 15 is 0 Å². The van der Waals surface area contributed by atoms with Gasteiger partial charge in [-0.05, 0) is 18.4 Å². The van der Waals surface area contributed by atoms with Gasteiger partial charge in [0.15, 0.2) is 5.78 Å². The summed E-state index contributed by atoms with van der Waals surface area (Å²) in [6.07, 6.45) is 1.67. The van der Waals surface area contributed by atoms with Crippen LogP contribution in [-0.4, -0.2) is 72.9 Å². The maximum atomic E-state index is 14.0. The molecular weight excluding hydrogens is 404 g/mol. The topological polar surface area (TPSA) is 65.4 Å². The molecule has 0 saturated carbocycles. The number of hydrogen-bond donors (Lipinski definition) is 1. The van der Waals surface area contributed by atoms with Crippen molar-refractivity contribution in [3.05, 3.63) is 46.7 Å². The van der Waals surface area contributed by atoms with Crippen molar-refractivity contribution >= 4 is 12.0 Å². The highest BCUT2D eigenvalue weighted by Crippen LogP contribution is 2.39. The van der Waals surface area contributed by atoms with E-state index in [1.165, 1.54) is 12.3 Å². The molecule has 8 heteroatoms. The predicted molar refractivity (Wildman–Crippen MR) is 116 cm³/mol. The largest absolute Gasteiger partial charge is 0.511 e. The first kappa shape index (κ1) is 23.5. The van der Waals surface area contributed by atoms with Crippen LogP contribution in [0.2, 0.25) is 0 Å². The van der Waals surface area contributed by atoms with E-state index in [1.54, 1.807) is 18.2 Å². The Morgan fingerprint density at radius 3 is 2.58 bits per heavy atom. The number of hydrogen-bond acceptors (Lipinski definition) is 6. The summed E-state index contributed by atoms with van der Waals surface area (Å²) >= 11 is 0. The number of benzene rings is 1. The van der Waals surface area contributed by atoms with E-state index in [2.05, 4.69) is 9.89 Å². The number of aliphatic hydroxyl groups excluding tert-OH is 1. The molecule has 1 unspecified atom stereocenters. The van der Waals surface area contributed by atoms with E-state index in [4.69, 9.17) is 4.84 Å². The van der Waals surface area contributed by atoms with Crippen LogP contribution in [0.3, 0.4) is 0 Å². The van der Waals surface area contributed by atoms with Gasteiger partial charge in [-0.2, -0.15) is 5.06 Å². The summed E-state index contributed by atoms with van der Waals surface area (Å²) in [4.78, 5) is 24.7. The van der Waals surface area contributed by atoms with Crippen LogP contribution < -0.4 is 0 Å². The third-order valence-electron chi connectivity index (χ3n) is 5.77. The summed E-state index contributed by atoms with van der Waals surface area (Å²) in [6.45, 7) is 8.26. The number of ketones is 1. The van der Waals surface area contributed by atoms with Crippen LogP contribution in [0, 0.1) is 0 Å². The number of allylic oxidation sites excluding steroid dienone is 2. The van der Waals surface area contributed by atoms with Crippen LogP contribution in [0.5, 0.6) is 0 Å². The molecule has 1 aliphatic carbocycles. The van der Waals surface area contributed by atoms with E-state index in [0.29, 0.717) is 18.7 Å². The Balaban J connectivity index is 1.57. The van der Waals surface area contributed by atoms with E-state index in [0.717, 1.165) is 39.6 Å². The van der Waals surface area contributed by atoms with Gasteiger partial charge >= 0.3 is 0 Å². The molecular formula is C23H31F2N3O3. The van der Waals surface area contributed by atoms with E-state index in [-0.39, 0.29) is 35.5 Å². The molecule has 0 spiro atoms. The van der Waals surface area contributed by atoms with Crippen LogP contribution in [-0.2, 0) is 15.6 Å². The number of rotatable bonds is 8. The van der Waals surface area contributed by atoms with Gasteiger partial charge in [0.2, 0.25) is 0 Å². The van der Waals surface area contributed by atoms with Gasteiger partial charge in [-0.3, -0.25) is 19.5 Å².